The van der Waals surface area contributed by atoms with Crippen molar-refractivity contribution in [2.75, 3.05) is 0 Å². The fourth-order valence-electron chi connectivity index (χ4n) is 3.14. The number of hydrogen-bond acceptors (Lipinski definition) is 2. The molecule has 0 saturated heterocycles. The van der Waals surface area contributed by atoms with Gasteiger partial charge in [0.05, 0.1) is 6.10 Å². The van der Waals surface area contributed by atoms with Crippen molar-refractivity contribution in [2.45, 2.75) is 59.5 Å². The Labute approximate surface area is 93.1 Å². The van der Waals surface area contributed by atoms with E-state index < -0.39 is 6.10 Å². The molecule has 1 aliphatic rings. The van der Waals surface area contributed by atoms with E-state index in [0.29, 0.717) is 12.3 Å². The predicted molar refractivity (Wildman–Crippen MR) is 61.6 cm³/mol. The average molecular weight is 212 g/mol. The smallest absolute Gasteiger partial charge is 0.139 e. The highest BCUT2D eigenvalue weighted by molar-refractivity contribution is 5.82. The number of carbonyl (C=O) groups is 1. The SMILES string of the molecule is CC(O)CC(=O)[C@H]1[C@H](C)CCCC1(C)C. The van der Waals surface area contributed by atoms with Crippen LogP contribution >= 0.6 is 0 Å². The van der Waals surface area contributed by atoms with E-state index in [1.807, 2.05) is 0 Å². The second-order valence-corrected chi connectivity index (χ2v) is 5.86. The molecule has 1 aliphatic carbocycles. The molecule has 2 nitrogen and oxygen atoms in total. The summed E-state index contributed by atoms with van der Waals surface area (Å²) < 4.78 is 0. The molecule has 1 rings (SSSR count). The third-order valence-corrected chi connectivity index (χ3v) is 3.74. The number of hydrogen-bond donors (Lipinski definition) is 1. The van der Waals surface area contributed by atoms with Crippen LogP contribution in [0.2, 0.25) is 0 Å². The third-order valence-electron chi connectivity index (χ3n) is 3.74. The number of Topliss-reactive ketones (excluding diaryl/α,β-unsaturated/α-hetero) is 1. The predicted octanol–water partition coefficient (Wildman–Crippen LogP) is 2.79. The quantitative estimate of drug-likeness (QED) is 0.781. The lowest BCUT2D eigenvalue weighted by molar-refractivity contribution is -0.132. The first-order valence-electron chi connectivity index (χ1n) is 6.05. The minimum Gasteiger partial charge on any atom is -0.393 e. The molecule has 0 aliphatic heterocycles. The summed E-state index contributed by atoms with van der Waals surface area (Å²) in [6.45, 7) is 8.24. The molecular formula is C13H24O2. The summed E-state index contributed by atoms with van der Waals surface area (Å²) in [5.74, 6) is 0.864. The first kappa shape index (κ1) is 12.7. The highest BCUT2D eigenvalue weighted by Crippen LogP contribution is 2.44. The summed E-state index contributed by atoms with van der Waals surface area (Å²) in [5.41, 5.74) is 0.115. The molecule has 88 valence electrons. The molecule has 3 atom stereocenters. The van der Waals surface area contributed by atoms with Gasteiger partial charge in [-0.2, -0.15) is 0 Å². The molecule has 0 radical (unpaired) electrons. The first-order chi connectivity index (χ1) is 6.84. The van der Waals surface area contributed by atoms with Crippen LogP contribution in [0.15, 0.2) is 0 Å². The number of aliphatic hydroxyl groups is 1. The van der Waals surface area contributed by atoms with Crippen molar-refractivity contribution in [2.24, 2.45) is 17.3 Å². The van der Waals surface area contributed by atoms with Crippen LogP contribution in [0.4, 0.5) is 0 Å². The maximum Gasteiger partial charge on any atom is 0.139 e. The van der Waals surface area contributed by atoms with Gasteiger partial charge in [0.2, 0.25) is 0 Å². The average Bonchev–Trinajstić information content (AvgIpc) is 1.99. The molecular weight excluding hydrogens is 188 g/mol. The molecule has 1 unspecified atom stereocenters. The van der Waals surface area contributed by atoms with E-state index in [4.69, 9.17) is 0 Å². The van der Waals surface area contributed by atoms with Crippen molar-refractivity contribution >= 4 is 5.78 Å². The molecule has 0 aromatic carbocycles. The molecule has 0 spiro atoms. The monoisotopic (exact) mass is 212 g/mol. The molecule has 2 heteroatoms. The second-order valence-electron chi connectivity index (χ2n) is 5.86. The van der Waals surface area contributed by atoms with Crippen LogP contribution in [0.3, 0.4) is 0 Å². The summed E-state index contributed by atoms with van der Waals surface area (Å²) in [6.07, 6.45) is 3.33. The molecule has 0 aromatic heterocycles. The van der Waals surface area contributed by atoms with Crippen molar-refractivity contribution in [1.29, 1.82) is 0 Å². The fourth-order valence-corrected chi connectivity index (χ4v) is 3.14. The van der Waals surface area contributed by atoms with Gasteiger partial charge in [0.1, 0.15) is 5.78 Å². The van der Waals surface area contributed by atoms with Crippen molar-refractivity contribution < 1.29 is 9.90 Å². The van der Waals surface area contributed by atoms with Crippen LogP contribution < -0.4 is 0 Å². The van der Waals surface area contributed by atoms with Gasteiger partial charge in [0, 0.05) is 12.3 Å². The fraction of sp³-hybridized carbons (Fsp3) is 0.923. The summed E-state index contributed by atoms with van der Waals surface area (Å²) in [7, 11) is 0. The van der Waals surface area contributed by atoms with Crippen molar-refractivity contribution in [1.82, 2.24) is 0 Å². The van der Waals surface area contributed by atoms with Gasteiger partial charge in [-0.3, -0.25) is 4.79 Å². The molecule has 0 aromatic rings. The topological polar surface area (TPSA) is 37.3 Å². The van der Waals surface area contributed by atoms with E-state index in [2.05, 4.69) is 20.8 Å². The Morgan fingerprint density at radius 1 is 1.53 bits per heavy atom. The van der Waals surface area contributed by atoms with Gasteiger partial charge in [-0.25, -0.2) is 0 Å². The Bertz CT molecular complexity index is 231. The van der Waals surface area contributed by atoms with Gasteiger partial charge >= 0.3 is 0 Å². The Balaban J connectivity index is 2.74. The zero-order valence-corrected chi connectivity index (χ0v) is 10.4. The van der Waals surface area contributed by atoms with Crippen LogP contribution in [0.25, 0.3) is 0 Å². The molecule has 0 heterocycles. The summed E-state index contributed by atoms with van der Waals surface area (Å²) >= 11 is 0. The van der Waals surface area contributed by atoms with E-state index in [-0.39, 0.29) is 17.1 Å². The summed E-state index contributed by atoms with van der Waals surface area (Å²) in [4.78, 5) is 12.1. The van der Waals surface area contributed by atoms with Gasteiger partial charge in [0.15, 0.2) is 0 Å². The van der Waals surface area contributed by atoms with Crippen molar-refractivity contribution in [3.8, 4) is 0 Å². The van der Waals surface area contributed by atoms with E-state index in [1.54, 1.807) is 6.92 Å². The summed E-state index contributed by atoms with van der Waals surface area (Å²) in [5, 5.41) is 9.29. The largest absolute Gasteiger partial charge is 0.393 e. The Hall–Kier alpha value is -0.370. The lowest BCUT2D eigenvalue weighted by atomic mass is 9.62. The van der Waals surface area contributed by atoms with Crippen LogP contribution in [0, 0.1) is 17.3 Å². The van der Waals surface area contributed by atoms with E-state index in [9.17, 15) is 9.90 Å². The molecule has 0 bridgehead atoms. The lowest BCUT2D eigenvalue weighted by Gasteiger charge is -2.42. The molecule has 1 fully saturated rings. The van der Waals surface area contributed by atoms with Crippen LogP contribution in [-0.4, -0.2) is 17.0 Å². The number of ketones is 1. The maximum atomic E-state index is 12.1. The van der Waals surface area contributed by atoms with Crippen LogP contribution in [-0.2, 0) is 4.79 Å². The number of aliphatic hydroxyl groups excluding tert-OH is 1. The van der Waals surface area contributed by atoms with Crippen LogP contribution in [0.5, 0.6) is 0 Å². The normalized spacial score (nSPS) is 32.3. The molecule has 1 N–H and O–H groups in total. The van der Waals surface area contributed by atoms with Crippen molar-refractivity contribution in [3.63, 3.8) is 0 Å². The van der Waals surface area contributed by atoms with Gasteiger partial charge in [-0.05, 0) is 31.1 Å². The van der Waals surface area contributed by atoms with Crippen molar-refractivity contribution in [3.05, 3.63) is 0 Å². The maximum absolute atomic E-state index is 12.1. The van der Waals surface area contributed by atoms with Gasteiger partial charge in [-0.1, -0.05) is 27.2 Å². The number of carbonyl (C=O) groups excluding carboxylic acids is 1. The second kappa shape index (κ2) is 4.65. The minimum absolute atomic E-state index is 0.115. The Morgan fingerprint density at radius 2 is 2.13 bits per heavy atom. The highest BCUT2D eigenvalue weighted by atomic mass is 16.3. The van der Waals surface area contributed by atoms with E-state index in [0.717, 1.165) is 12.8 Å². The Kier molecular flexibility index (Phi) is 3.93. The molecule has 1 saturated carbocycles. The van der Waals surface area contributed by atoms with Gasteiger partial charge in [-0.15, -0.1) is 0 Å². The zero-order chi connectivity index (χ0) is 11.6. The van der Waals surface area contributed by atoms with Gasteiger partial charge < -0.3 is 5.11 Å². The first-order valence-corrected chi connectivity index (χ1v) is 6.05. The standard InChI is InChI=1S/C13H24O2/c1-9-6-5-7-13(3,4)12(9)11(15)8-10(2)14/h9-10,12,14H,5-8H2,1-4H3/t9-,10?,12-/m1/s1. The van der Waals surface area contributed by atoms with E-state index in [1.165, 1.54) is 6.42 Å². The highest BCUT2D eigenvalue weighted by Gasteiger charge is 2.41. The van der Waals surface area contributed by atoms with E-state index >= 15 is 0 Å². The summed E-state index contributed by atoms with van der Waals surface area (Å²) in [6, 6.07) is 0. The van der Waals surface area contributed by atoms with Crippen LogP contribution in [0.1, 0.15) is 53.4 Å². The molecule has 0 amide bonds. The number of rotatable bonds is 3. The zero-order valence-electron chi connectivity index (χ0n) is 10.4. The Morgan fingerprint density at radius 3 is 2.60 bits per heavy atom. The third kappa shape index (κ3) is 3.04. The minimum atomic E-state index is -0.498. The molecule has 15 heavy (non-hydrogen) atoms. The van der Waals surface area contributed by atoms with Gasteiger partial charge in [0.25, 0.3) is 0 Å². The lowest BCUT2D eigenvalue weighted by Crippen LogP contribution is -2.40.